The first-order valence-corrected chi connectivity index (χ1v) is 13.8. The standard InChI is InChI=1S/C33H28F3N5O3/c1-4-11-26(42)37-24-15-10-12-21(19-24)28-27-20(3)39-41(25-16-7-6-8-17-25)31(27)40(5-2)32(44)29(28)38-30(43)22-13-9-14-23(18-22)33(34,35)36/h6-10,12-19,28-29H,5H2,1-3H3,(H,37,42)(H,38,43)/t28-,29+/m0/s1. The first-order chi connectivity index (χ1) is 21.0. The minimum Gasteiger partial charge on any atom is -0.339 e. The monoisotopic (exact) mass is 599 g/mol. The van der Waals surface area contributed by atoms with E-state index in [1.165, 1.54) is 17.9 Å². The normalized spacial score (nSPS) is 16.0. The Kier molecular flexibility index (Phi) is 8.27. The highest BCUT2D eigenvalue weighted by atomic mass is 19.4. The number of aromatic nitrogens is 2. The first kappa shape index (κ1) is 30.1. The summed E-state index contributed by atoms with van der Waals surface area (Å²) in [5.74, 6) is 2.84. The van der Waals surface area contributed by atoms with Crippen LogP contribution >= 0.6 is 0 Å². The quantitative estimate of drug-likeness (QED) is 0.288. The molecule has 3 amide bonds. The molecule has 2 heterocycles. The zero-order valence-electron chi connectivity index (χ0n) is 24.1. The highest BCUT2D eigenvalue weighted by Gasteiger charge is 2.45. The van der Waals surface area contributed by atoms with Gasteiger partial charge in [-0.15, -0.1) is 0 Å². The van der Waals surface area contributed by atoms with E-state index in [4.69, 9.17) is 5.10 Å². The fourth-order valence-corrected chi connectivity index (χ4v) is 5.44. The maximum atomic E-state index is 14.2. The Morgan fingerprint density at radius 2 is 1.73 bits per heavy atom. The molecule has 0 saturated heterocycles. The van der Waals surface area contributed by atoms with Gasteiger partial charge in [-0.1, -0.05) is 42.3 Å². The van der Waals surface area contributed by atoms with Gasteiger partial charge in [0, 0.05) is 29.3 Å². The smallest absolute Gasteiger partial charge is 0.339 e. The highest BCUT2D eigenvalue weighted by Crippen LogP contribution is 2.44. The summed E-state index contributed by atoms with van der Waals surface area (Å²) in [6.45, 7) is 5.35. The summed E-state index contributed by atoms with van der Waals surface area (Å²) >= 11 is 0. The molecule has 1 aliphatic rings. The summed E-state index contributed by atoms with van der Waals surface area (Å²) in [5.41, 5.74) is 1.73. The van der Waals surface area contributed by atoms with Crippen molar-refractivity contribution in [2.75, 3.05) is 16.8 Å². The molecule has 0 bridgehead atoms. The molecular formula is C33H28F3N5O3. The van der Waals surface area contributed by atoms with Gasteiger partial charge >= 0.3 is 6.18 Å². The third-order valence-corrected chi connectivity index (χ3v) is 7.31. The topological polar surface area (TPSA) is 96.3 Å². The van der Waals surface area contributed by atoms with Gasteiger partial charge in [0.2, 0.25) is 0 Å². The van der Waals surface area contributed by atoms with Gasteiger partial charge in [0.05, 0.1) is 16.9 Å². The van der Waals surface area contributed by atoms with E-state index in [1.807, 2.05) is 30.3 Å². The molecule has 1 aromatic heterocycles. The SMILES string of the molecule is CC#CC(=O)Nc1cccc([C@H]2c3c(C)nn(-c4ccccc4)c3N(CC)C(=O)[C@@H]2NC(=O)c2cccc(C(F)(F)F)c2)c1. The third kappa shape index (κ3) is 5.79. The summed E-state index contributed by atoms with van der Waals surface area (Å²) in [6, 6.07) is 18.9. The molecule has 0 unspecified atom stereocenters. The van der Waals surface area contributed by atoms with E-state index < -0.39 is 41.4 Å². The molecule has 11 heteroatoms. The molecule has 5 rings (SSSR count). The van der Waals surface area contributed by atoms with Crippen LogP contribution < -0.4 is 15.5 Å². The number of likely N-dealkylation sites (N-methyl/N-ethyl adjacent to an activating group) is 1. The Balaban J connectivity index is 1.66. The molecule has 0 aliphatic carbocycles. The predicted molar refractivity (Wildman–Crippen MR) is 159 cm³/mol. The zero-order valence-corrected chi connectivity index (χ0v) is 24.1. The molecule has 1 aliphatic heterocycles. The Bertz CT molecular complexity index is 1800. The summed E-state index contributed by atoms with van der Waals surface area (Å²) in [6.07, 6.45) is -4.65. The lowest BCUT2D eigenvalue weighted by Crippen LogP contribution is -2.55. The van der Waals surface area contributed by atoms with Crippen molar-refractivity contribution in [2.45, 2.75) is 38.9 Å². The number of hydrogen-bond acceptors (Lipinski definition) is 4. The highest BCUT2D eigenvalue weighted by molar-refractivity contribution is 6.06. The van der Waals surface area contributed by atoms with Crippen molar-refractivity contribution in [2.24, 2.45) is 0 Å². The average Bonchev–Trinajstić information content (AvgIpc) is 3.34. The van der Waals surface area contributed by atoms with E-state index in [0.29, 0.717) is 34.0 Å². The summed E-state index contributed by atoms with van der Waals surface area (Å²) in [5, 5.41) is 10.2. The number of nitrogens with one attached hydrogen (secondary N) is 2. The number of nitrogens with zero attached hydrogens (tertiary/aromatic N) is 3. The van der Waals surface area contributed by atoms with Crippen molar-refractivity contribution in [1.29, 1.82) is 0 Å². The molecule has 2 atom stereocenters. The number of fused-ring (bicyclic) bond motifs is 1. The van der Waals surface area contributed by atoms with Gasteiger partial charge in [0.1, 0.15) is 11.9 Å². The first-order valence-electron chi connectivity index (χ1n) is 13.8. The summed E-state index contributed by atoms with van der Waals surface area (Å²) < 4.78 is 41.9. The molecular weight excluding hydrogens is 571 g/mol. The number of hydrogen-bond donors (Lipinski definition) is 2. The number of anilines is 2. The van der Waals surface area contributed by atoms with Crippen LogP contribution in [-0.2, 0) is 15.8 Å². The van der Waals surface area contributed by atoms with Crippen LogP contribution in [0.25, 0.3) is 5.69 Å². The van der Waals surface area contributed by atoms with Gasteiger partial charge < -0.3 is 10.6 Å². The van der Waals surface area contributed by atoms with Crippen LogP contribution in [-0.4, -0.2) is 40.1 Å². The lowest BCUT2D eigenvalue weighted by Gasteiger charge is -2.38. The van der Waals surface area contributed by atoms with Gasteiger partial charge in [-0.25, -0.2) is 4.68 Å². The molecule has 0 saturated carbocycles. The molecule has 2 N–H and O–H groups in total. The van der Waals surface area contributed by atoms with Crippen molar-refractivity contribution < 1.29 is 27.6 Å². The largest absolute Gasteiger partial charge is 0.416 e. The van der Waals surface area contributed by atoms with Crippen LogP contribution in [0.2, 0.25) is 0 Å². The number of carbonyl (C=O) groups is 3. The van der Waals surface area contributed by atoms with E-state index in [2.05, 4.69) is 22.5 Å². The van der Waals surface area contributed by atoms with E-state index in [-0.39, 0.29) is 12.1 Å². The second kappa shape index (κ2) is 12.1. The number of para-hydroxylation sites is 1. The number of alkyl halides is 3. The molecule has 0 fully saturated rings. The molecule has 4 aromatic rings. The van der Waals surface area contributed by atoms with Crippen molar-refractivity contribution in [3.05, 3.63) is 107 Å². The number of rotatable bonds is 6. The summed E-state index contributed by atoms with van der Waals surface area (Å²) in [4.78, 5) is 41.4. The molecule has 3 aromatic carbocycles. The van der Waals surface area contributed by atoms with Crippen molar-refractivity contribution in [3.8, 4) is 17.5 Å². The van der Waals surface area contributed by atoms with E-state index >= 15 is 0 Å². The van der Waals surface area contributed by atoms with Gasteiger partial charge in [0.15, 0.2) is 0 Å². The minimum atomic E-state index is -4.65. The Hall–Kier alpha value is -5.37. The summed E-state index contributed by atoms with van der Waals surface area (Å²) in [7, 11) is 0. The predicted octanol–water partition coefficient (Wildman–Crippen LogP) is 5.46. The molecule has 224 valence electrons. The Morgan fingerprint density at radius 1 is 1.00 bits per heavy atom. The number of benzene rings is 3. The number of halogens is 3. The minimum absolute atomic E-state index is 0.234. The van der Waals surface area contributed by atoms with E-state index in [1.54, 1.807) is 42.8 Å². The average molecular weight is 600 g/mol. The molecule has 44 heavy (non-hydrogen) atoms. The fraction of sp³-hybridized carbons (Fsp3) is 0.212. The van der Waals surface area contributed by atoms with Crippen LogP contribution in [0, 0.1) is 18.8 Å². The van der Waals surface area contributed by atoms with Gasteiger partial charge in [-0.3, -0.25) is 19.3 Å². The van der Waals surface area contributed by atoms with Crippen molar-refractivity contribution in [1.82, 2.24) is 15.1 Å². The van der Waals surface area contributed by atoms with Crippen LogP contribution in [0.4, 0.5) is 24.7 Å². The Labute approximate surface area is 251 Å². The molecule has 0 spiro atoms. The second-order valence-corrected chi connectivity index (χ2v) is 10.1. The fourth-order valence-electron chi connectivity index (χ4n) is 5.44. The number of amides is 3. The van der Waals surface area contributed by atoms with Gasteiger partial charge in [0.25, 0.3) is 17.7 Å². The number of aryl methyl sites for hydroxylation is 1. The lowest BCUT2D eigenvalue weighted by molar-refractivity contribution is -0.137. The van der Waals surface area contributed by atoms with Crippen LogP contribution in [0.15, 0.2) is 78.9 Å². The molecule has 8 nitrogen and oxygen atoms in total. The van der Waals surface area contributed by atoms with E-state index in [9.17, 15) is 27.6 Å². The van der Waals surface area contributed by atoms with Gasteiger partial charge in [-0.2, -0.15) is 18.3 Å². The molecule has 0 radical (unpaired) electrons. The number of carbonyl (C=O) groups excluding carboxylic acids is 3. The van der Waals surface area contributed by atoms with Crippen LogP contribution in [0.3, 0.4) is 0 Å². The lowest BCUT2D eigenvalue weighted by atomic mass is 9.81. The zero-order chi connectivity index (χ0) is 31.6. The van der Waals surface area contributed by atoms with Crippen molar-refractivity contribution >= 4 is 29.2 Å². The Morgan fingerprint density at radius 3 is 2.41 bits per heavy atom. The maximum Gasteiger partial charge on any atom is 0.416 e. The van der Waals surface area contributed by atoms with E-state index in [0.717, 1.165) is 18.2 Å². The van der Waals surface area contributed by atoms with Crippen LogP contribution in [0.1, 0.15) is 52.5 Å². The van der Waals surface area contributed by atoms with Gasteiger partial charge in [-0.05, 0) is 74.7 Å². The second-order valence-electron chi connectivity index (χ2n) is 10.1. The van der Waals surface area contributed by atoms with Crippen molar-refractivity contribution in [3.63, 3.8) is 0 Å². The maximum absolute atomic E-state index is 14.2. The van der Waals surface area contributed by atoms with Crippen LogP contribution in [0.5, 0.6) is 0 Å². The third-order valence-electron chi connectivity index (χ3n) is 7.31.